The van der Waals surface area contributed by atoms with E-state index in [-0.39, 0.29) is 0 Å². The summed E-state index contributed by atoms with van der Waals surface area (Å²) in [7, 11) is 0. The van der Waals surface area contributed by atoms with Gasteiger partial charge >= 0.3 is 0 Å². The molecule has 14 heavy (non-hydrogen) atoms. The van der Waals surface area contributed by atoms with E-state index in [9.17, 15) is 0 Å². The Labute approximate surface area is 87.7 Å². The zero-order chi connectivity index (χ0) is 11.8. The van der Waals surface area contributed by atoms with Gasteiger partial charge in [-0.1, -0.05) is 26.7 Å². The van der Waals surface area contributed by atoms with Crippen molar-refractivity contribution >= 4 is 5.97 Å². The van der Waals surface area contributed by atoms with E-state index >= 15 is 0 Å². The lowest BCUT2D eigenvalue weighted by Gasteiger charge is -1.80. The number of carboxylic acids is 1. The Morgan fingerprint density at radius 1 is 1.07 bits per heavy atom. The fourth-order valence-electron chi connectivity index (χ4n) is 0.408. The first-order valence-electron chi connectivity index (χ1n) is 5.16. The second-order valence-electron chi connectivity index (χ2n) is 2.80. The molecular weight excluding hydrogens is 180 g/mol. The van der Waals surface area contributed by atoms with Crippen molar-refractivity contribution in [3.63, 3.8) is 0 Å². The molecule has 0 aliphatic carbocycles. The smallest absolute Gasteiger partial charge is 0.300 e. The van der Waals surface area contributed by atoms with E-state index in [4.69, 9.17) is 21.4 Å². The Morgan fingerprint density at radius 3 is 1.29 bits per heavy atom. The van der Waals surface area contributed by atoms with Crippen molar-refractivity contribution in [2.75, 3.05) is 13.1 Å². The maximum atomic E-state index is 9.00. The van der Waals surface area contributed by atoms with Crippen LogP contribution in [0.3, 0.4) is 0 Å². The average molecular weight is 206 g/mol. The third-order valence-electron chi connectivity index (χ3n) is 1.12. The lowest BCUT2D eigenvalue weighted by Crippen LogP contribution is -1.95. The standard InChI is InChI=1S/2C4H11N.C2H4O2/c2*1-2-3-4-5;1-2(3)4/h2*2-5H2,1H3;1H3,(H,3,4). The molecule has 0 aliphatic rings. The number of rotatable bonds is 4. The Bertz CT molecular complexity index is 84.1. The van der Waals surface area contributed by atoms with Crippen LogP contribution in [0.5, 0.6) is 0 Å². The van der Waals surface area contributed by atoms with Gasteiger partial charge in [0.05, 0.1) is 0 Å². The summed E-state index contributed by atoms with van der Waals surface area (Å²) in [4.78, 5) is 9.00. The average Bonchev–Trinajstić information content (AvgIpc) is 2.07. The van der Waals surface area contributed by atoms with Gasteiger partial charge < -0.3 is 16.6 Å². The topological polar surface area (TPSA) is 89.3 Å². The maximum Gasteiger partial charge on any atom is 0.300 e. The summed E-state index contributed by atoms with van der Waals surface area (Å²) in [5, 5.41) is 7.42. The zero-order valence-corrected chi connectivity index (χ0v) is 9.75. The van der Waals surface area contributed by atoms with Crippen LogP contribution in [0.25, 0.3) is 0 Å². The van der Waals surface area contributed by atoms with Gasteiger partial charge in [0, 0.05) is 6.92 Å². The van der Waals surface area contributed by atoms with Gasteiger partial charge in [-0.2, -0.15) is 0 Å². The van der Waals surface area contributed by atoms with Crippen LogP contribution >= 0.6 is 0 Å². The molecule has 4 nitrogen and oxygen atoms in total. The van der Waals surface area contributed by atoms with Gasteiger partial charge in [-0.3, -0.25) is 4.79 Å². The highest BCUT2D eigenvalue weighted by molar-refractivity contribution is 5.62. The van der Waals surface area contributed by atoms with Gasteiger partial charge in [0.15, 0.2) is 0 Å². The molecule has 0 heterocycles. The van der Waals surface area contributed by atoms with Crippen LogP contribution in [0.4, 0.5) is 0 Å². The van der Waals surface area contributed by atoms with E-state index in [0.29, 0.717) is 0 Å². The molecule has 4 heteroatoms. The Morgan fingerprint density at radius 2 is 1.29 bits per heavy atom. The number of carboxylic acid groups (broad SMARTS) is 1. The zero-order valence-electron chi connectivity index (χ0n) is 9.75. The molecule has 0 aromatic heterocycles. The van der Waals surface area contributed by atoms with Gasteiger partial charge in [-0.05, 0) is 25.9 Å². The molecular formula is C10H26N2O2. The largest absolute Gasteiger partial charge is 0.481 e. The highest BCUT2D eigenvalue weighted by Crippen LogP contribution is 1.77. The second kappa shape index (κ2) is 22.8. The first kappa shape index (κ1) is 19.0. The molecule has 0 fully saturated rings. The minimum absolute atomic E-state index is 0.833. The molecule has 0 aromatic rings. The SMILES string of the molecule is CC(=O)O.CCCCN.CCCCN. The quantitative estimate of drug-likeness (QED) is 0.651. The van der Waals surface area contributed by atoms with E-state index < -0.39 is 5.97 Å². The predicted octanol–water partition coefficient (Wildman–Crippen LogP) is 1.58. The summed E-state index contributed by atoms with van der Waals surface area (Å²) in [6.07, 6.45) is 4.77. The number of hydrogen-bond donors (Lipinski definition) is 3. The Kier molecular flexibility index (Phi) is 31.1. The predicted molar refractivity (Wildman–Crippen MR) is 61.2 cm³/mol. The Hall–Kier alpha value is -0.610. The van der Waals surface area contributed by atoms with Crippen LogP contribution in [-0.2, 0) is 4.79 Å². The van der Waals surface area contributed by atoms with Crippen LogP contribution in [0, 0.1) is 0 Å². The molecule has 0 amide bonds. The molecule has 5 N–H and O–H groups in total. The molecule has 88 valence electrons. The third-order valence-corrected chi connectivity index (χ3v) is 1.12. The van der Waals surface area contributed by atoms with Gasteiger partial charge in [0.1, 0.15) is 0 Å². The maximum absolute atomic E-state index is 9.00. The normalized spacial score (nSPS) is 7.79. The van der Waals surface area contributed by atoms with Gasteiger partial charge in [0.25, 0.3) is 5.97 Å². The summed E-state index contributed by atoms with van der Waals surface area (Å²) in [6, 6.07) is 0. The van der Waals surface area contributed by atoms with Crippen molar-refractivity contribution in [2.45, 2.75) is 46.5 Å². The fourth-order valence-corrected chi connectivity index (χ4v) is 0.408. The van der Waals surface area contributed by atoms with Crippen molar-refractivity contribution < 1.29 is 9.90 Å². The summed E-state index contributed by atoms with van der Waals surface area (Å²) in [5.41, 5.74) is 10.3. The van der Waals surface area contributed by atoms with Crippen molar-refractivity contribution in [1.82, 2.24) is 0 Å². The van der Waals surface area contributed by atoms with Crippen molar-refractivity contribution in [3.8, 4) is 0 Å². The van der Waals surface area contributed by atoms with Crippen LogP contribution in [0.1, 0.15) is 46.5 Å². The molecule has 0 atom stereocenters. The van der Waals surface area contributed by atoms with Gasteiger partial charge in [0.2, 0.25) is 0 Å². The molecule has 0 radical (unpaired) electrons. The van der Waals surface area contributed by atoms with Crippen molar-refractivity contribution in [1.29, 1.82) is 0 Å². The highest BCUT2D eigenvalue weighted by Gasteiger charge is 1.68. The summed E-state index contributed by atoms with van der Waals surface area (Å²) in [6.45, 7) is 7.03. The Balaban J connectivity index is -0.000000131. The minimum Gasteiger partial charge on any atom is -0.481 e. The highest BCUT2D eigenvalue weighted by atomic mass is 16.4. The number of nitrogens with two attached hydrogens (primary N) is 2. The lowest BCUT2D eigenvalue weighted by atomic mass is 10.3. The molecule has 0 saturated carbocycles. The van der Waals surface area contributed by atoms with Gasteiger partial charge in [-0.25, -0.2) is 0 Å². The van der Waals surface area contributed by atoms with E-state index in [2.05, 4.69) is 13.8 Å². The summed E-state index contributed by atoms with van der Waals surface area (Å²) >= 11 is 0. The number of unbranched alkanes of at least 4 members (excludes halogenated alkanes) is 2. The molecule has 0 aromatic carbocycles. The number of hydrogen-bond acceptors (Lipinski definition) is 3. The second-order valence-corrected chi connectivity index (χ2v) is 2.80. The lowest BCUT2D eigenvalue weighted by molar-refractivity contribution is -0.134. The van der Waals surface area contributed by atoms with Crippen LogP contribution in [0.15, 0.2) is 0 Å². The molecule has 0 rings (SSSR count). The van der Waals surface area contributed by atoms with E-state index in [1.807, 2.05) is 0 Å². The minimum atomic E-state index is -0.833. The van der Waals surface area contributed by atoms with E-state index in [1.54, 1.807) is 0 Å². The van der Waals surface area contributed by atoms with Crippen molar-refractivity contribution in [2.24, 2.45) is 11.5 Å². The third kappa shape index (κ3) is 107. The molecule has 0 bridgehead atoms. The number of carbonyl (C=O) groups is 1. The first-order valence-corrected chi connectivity index (χ1v) is 5.16. The van der Waals surface area contributed by atoms with Gasteiger partial charge in [-0.15, -0.1) is 0 Å². The van der Waals surface area contributed by atoms with E-state index in [0.717, 1.165) is 20.0 Å². The summed E-state index contributed by atoms with van der Waals surface area (Å²) in [5.74, 6) is -0.833. The first-order chi connectivity index (χ1) is 6.56. The molecule has 0 unspecified atom stereocenters. The van der Waals surface area contributed by atoms with Crippen molar-refractivity contribution in [3.05, 3.63) is 0 Å². The summed E-state index contributed by atoms with van der Waals surface area (Å²) < 4.78 is 0. The van der Waals surface area contributed by atoms with Crippen LogP contribution in [-0.4, -0.2) is 24.2 Å². The molecule has 0 aliphatic heterocycles. The van der Waals surface area contributed by atoms with E-state index in [1.165, 1.54) is 25.7 Å². The molecule has 0 spiro atoms. The number of aliphatic carboxylic acids is 1. The molecule has 0 saturated heterocycles. The van der Waals surface area contributed by atoms with Crippen LogP contribution in [0.2, 0.25) is 0 Å². The van der Waals surface area contributed by atoms with Crippen LogP contribution < -0.4 is 11.5 Å². The monoisotopic (exact) mass is 206 g/mol. The fraction of sp³-hybridized carbons (Fsp3) is 0.900.